The van der Waals surface area contributed by atoms with E-state index < -0.39 is 0 Å². The standard InChI is InChI=1S/C17H21N.C5H12.C2H4O.CH5N/c1-3-12-9-14-5-4-6-15(14)11(2)16(12)10-17(18)13-7-8-13;1-4-5(2)3;1-2-3;1-2/h3,9-10,13H,1,4-8,18H2,2H3;5H,4H2,1-3H3;2H,1H3;2H2,1H3/b17-10-;;;. The van der Waals surface area contributed by atoms with Crippen LogP contribution in [0, 0.1) is 18.8 Å². The lowest BCUT2D eigenvalue weighted by molar-refractivity contribution is -0.106. The summed E-state index contributed by atoms with van der Waals surface area (Å²) in [6, 6.07) is 2.31. The molecule has 3 rings (SSSR count). The van der Waals surface area contributed by atoms with Gasteiger partial charge in [-0.1, -0.05) is 45.9 Å². The van der Waals surface area contributed by atoms with Crippen LogP contribution in [0.2, 0.25) is 0 Å². The van der Waals surface area contributed by atoms with Gasteiger partial charge in [-0.2, -0.15) is 0 Å². The number of allylic oxidation sites excluding steroid dienone is 1. The van der Waals surface area contributed by atoms with Crippen LogP contribution in [-0.4, -0.2) is 13.3 Å². The Balaban J connectivity index is 0.000000619. The summed E-state index contributed by atoms with van der Waals surface area (Å²) in [6.07, 6.45) is 12.5. The van der Waals surface area contributed by atoms with Gasteiger partial charge in [-0.3, -0.25) is 0 Å². The first-order chi connectivity index (χ1) is 13.4. The highest BCUT2D eigenvalue weighted by atomic mass is 16.1. The number of hydrogen-bond donors (Lipinski definition) is 2. The van der Waals surface area contributed by atoms with Crippen LogP contribution in [0.1, 0.15) is 81.2 Å². The second-order valence-corrected chi connectivity index (χ2v) is 7.66. The Labute approximate surface area is 173 Å². The van der Waals surface area contributed by atoms with Gasteiger partial charge in [-0.15, -0.1) is 0 Å². The van der Waals surface area contributed by atoms with Crippen LogP contribution in [0.5, 0.6) is 0 Å². The van der Waals surface area contributed by atoms with Gasteiger partial charge in [0.15, 0.2) is 0 Å². The molecule has 28 heavy (non-hydrogen) atoms. The maximum Gasteiger partial charge on any atom is 0.116 e. The summed E-state index contributed by atoms with van der Waals surface area (Å²) >= 11 is 0. The molecule has 1 saturated carbocycles. The van der Waals surface area contributed by atoms with Crippen LogP contribution in [0.3, 0.4) is 0 Å². The van der Waals surface area contributed by atoms with E-state index in [9.17, 15) is 0 Å². The van der Waals surface area contributed by atoms with E-state index in [1.165, 1.54) is 74.8 Å². The number of rotatable bonds is 4. The first-order valence-electron chi connectivity index (χ1n) is 10.6. The van der Waals surface area contributed by atoms with E-state index in [1.54, 1.807) is 5.56 Å². The van der Waals surface area contributed by atoms with E-state index in [1.807, 2.05) is 6.08 Å². The van der Waals surface area contributed by atoms with E-state index in [2.05, 4.69) is 52.1 Å². The summed E-state index contributed by atoms with van der Waals surface area (Å²) in [6.45, 7) is 14.3. The Hall–Kier alpha value is -1.87. The topological polar surface area (TPSA) is 69.1 Å². The third kappa shape index (κ3) is 8.43. The maximum absolute atomic E-state index is 8.81. The average molecular weight is 387 g/mol. The van der Waals surface area contributed by atoms with Crippen LogP contribution < -0.4 is 11.5 Å². The molecule has 3 heteroatoms. The number of carbonyl (C=O) groups is 1. The minimum atomic E-state index is 0.635. The molecule has 4 N–H and O–H groups in total. The fourth-order valence-electron chi connectivity index (χ4n) is 3.06. The van der Waals surface area contributed by atoms with Crippen molar-refractivity contribution < 1.29 is 4.79 Å². The molecule has 0 aliphatic heterocycles. The Morgan fingerprint density at radius 2 is 1.82 bits per heavy atom. The quantitative estimate of drug-likeness (QED) is 0.655. The molecule has 1 aromatic carbocycles. The zero-order valence-electron chi connectivity index (χ0n) is 19.0. The summed E-state index contributed by atoms with van der Waals surface area (Å²) < 4.78 is 0. The van der Waals surface area contributed by atoms with Gasteiger partial charge >= 0.3 is 0 Å². The van der Waals surface area contributed by atoms with Crippen LogP contribution in [-0.2, 0) is 17.6 Å². The summed E-state index contributed by atoms with van der Waals surface area (Å²) in [5.74, 6) is 1.52. The predicted molar refractivity (Wildman–Crippen MR) is 125 cm³/mol. The molecule has 0 unspecified atom stereocenters. The third-order valence-electron chi connectivity index (χ3n) is 5.15. The molecule has 0 spiro atoms. The number of nitrogens with two attached hydrogens (primary N) is 2. The third-order valence-corrected chi connectivity index (χ3v) is 5.15. The molecule has 0 radical (unpaired) electrons. The molecule has 2 aliphatic rings. The molecule has 0 atom stereocenters. The van der Waals surface area contributed by atoms with E-state index in [4.69, 9.17) is 10.5 Å². The number of fused-ring (bicyclic) bond motifs is 1. The highest BCUT2D eigenvalue weighted by Crippen LogP contribution is 2.37. The molecule has 158 valence electrons. The van der Waals surface area contributed by atoms with E-state index in [-0.39, 0.29) is 0 Å². The normalized spacial score (nSPS) is 14.5. The van der Waals surface area contributed by atoms with Gasteiger partial charge in [-0.25, -0.2) is 0 Å². The number of hydrogen-bond acceptors (Lipinski definition) is 3. The summed E-state index contributed by atoms with van der Waals surface area (Å²) in [7, 11) is 1.50. The molecule has 0 bridgehead atoms. The summed E-state index contributed by atoms with van der Waals surface area (Å²) in [5, 5.41) is 0. The lowest BCUT2D eigenvalue weighted by Crippen LogP contribution is -2.02. The molecule has 1 aromatic rings. The fourth-order valence-corrected chi connectivity index (χ4v) is 3.06. The molecule has 2 aliphatic carbocycles. The Morgan fingerprint density at radius 3 is 2.25 bits per heavy atom. The van der Waals surface area contributed by atoms with Gasteiger partial charge in [0.2, 0.25) is 0 Å². The summed E-state index contributed by atoms with van der Waals surface area (Å²) in [4.78, 5) is 8.81. The van der Waals surface area contributed by atoms with Crippen molar-refractivity contribution >= 4 is 18.4 Å². The van der Waals surface area contributed by atoms with E-state index in [0.717, 1.165) is 17.9 Å². The number of benzene rings is 1. The Morgan fingerprint density at radius 1 is 1.29 bits per heavy atom. The minimum Gasteiger partial charge on any atom is -0.402 e. The highest BCUT2D eigenvalue weighted by molar-refractivity contribution is 5.71. The van der Waals surface area contributed by atoms with E-state index in [0.29, 0.717) is 5.92 Å². The highest BCUT2D eigenvalue weighted by Gasteiger charge is 2.25. The molecule has 1 fully saturated rings. The molecular formula is C25H42N2O. The maximum atomic E-state index is 8.81. The van der Waals surface area contributed by atoms with Crippen molar-refractivity contribution in [2.45, 2.75) is 73.1 Å². The second kappa shape index (κ2) is 14.2. The van der Waals surface area contributed by atoms with Crippen molar-refractivity contribution in [1.29, 1.82) is 0 Å². The first-order valence-corrected chi connectivity index (χ1v) is 10.6. The monoisotopic (exact) mass is 386 g/mol. The van der Waals surface area contributed by atoms with Crippen molar-refractivity contribution in [2.24, 2.45) is 23.3 Å². The first kappa shape index (κ1) is 26.1. The lowest BCUT2D eigenvalue weighted by atomic mass is 9.92. The van der Waals surface area contributed by atoms with Crippen molar-refractivity contribution in [3.63, 3.8) is 0 Å². The molecule has 0 aromatic heterocycles. The number of carbonyl (C=O) groups excluding carboxylic acids is 1. The predicted octanol–water partition coefficient (Wildman–Crippen LogP) is 5.67. The van der Waals surface area contributed by atoms with Crippen molar-refractivity contribution in [3.8, 4) is 0 Å². The van der Waals surface area contributed by atoms with Gasteiger partial charge in [0.05, 0.1) is 0 Å². The Bertz CT molecular complexity index is 640. The average Bonchev–Trinajstić information content (AvgIpc) is 3.44. The second-order valence-electron chi connectivity index (χ2n) is 7.66. The molecule has 0 saturated heterocycles. The minimum absolute atomic E-state index is 0.635. The van der Waals surface area contributed by atoms with Crippen molar-refractivity contribution in [2.75, 3.05) is 7.05 Å². The van der Waals surface area contributed by atoms with Gasteiger partial charge in [0.25, 0.3) is 0 Å². The van der Waals surface area contributed by atoms with Gasteiger partial charge in [0, 0.05) is 5.70 Å². The smallest absolute Gasteiger partial charge is 0.116 e. The molecule has 0 amide bonds. The fraction of sp³-hybridized carbons (Fsp3) is 0.560. The van der Waals surface area contributed by atoms with E-state index >= 15 is 0 Å². The zero-order chi connectivity index (χ0) is 21.7. The van der Waals surface area contributed by atoms with Crippen LogP contribution in [0.25, 0.3) is 12.2 Å². The molecule has 3 nitrogen and oxygen atoms in total. The van der Waals surface area contributed by atoms with Crippen molar-refractivity contribution in [1.82, 2.24) is 0 Å². The lowest BCUT2D eigenvalue weighted by Gasteiger charge is -2.13. The van der Waals surface area contributed by atoms with Gasteiger partial charge in [0.1, 0.15) is 6.29 Å². The van der Waals surface area contributed by atoms with Crippen LogP contribution in [0.4, 0.5) is 0 Å². The summed E-state index contributed by atoms with van der Waals surface area (Å²) in [5.41, 5.74) is 18.8. The number of aryl methyl sites for hydroxylation is 1. The van der Waals surface area contributed by atoms with Crippen molar-refractivity contribution in [3.05, 3.63) is 46.2 Å². The molecular weight excluding hydrogens is 344 g/mol. The van der Waals surface area contributed by atoms with Crippen LogP contribution in [0.15, 0.2) is 18.3 Å². The Kier molecular flexibility index (Phi) is 13.2. The molecule has 0 heterocycles. The van der Waals surface area contributed by atoms with Gasteiger partial charge < -0.3 is 16.3 Å². The number of aldehydes is 1. The SMILES string of the molecule is C=Cc1cc2c(c(C)c1/C=C(\N)C1CC1)CCC2.CC=O.CCC(C)C.CN. The van der Waals surface area contributed by atoms with Crippen LogP contribution >= 0.6 is 0 Å². The largest absolute Gasteiger partial charge is 0.402 e. The zero-order valence-corrected chi connectivity index (χ0v) is 19.0. The van der Waals surface area contributed by atoms with Gasteiger partial charge in [-0.05, 0) is 98.7 Å².